The predicted molar refractivity (Wildman–Crippen MR) is 25.9 cm³/mol. The van der Waals surface area contributed by atoms with Gasteiger partial charge < -0.3 is 0 Å². The molecule has 1 atom stereocenters. The fraction of sp³-hybridized carbons (Fsp3) is 1.00. The molecule has 0 aliphatic heterocycles. The summed E-state index contributed by atoms with van der Waals surface area (Å²) in [5, 5.41) is 0. The minimum atomic E-state index is -5.41. The Hall–Kier alpha value is 0.0200. The van der Waals surface area contributed by atoms with Gasteiger partial charge in [-0.3, -0.25) is 0 Å². The number of hydrogen-bond donors (Lipinski definition) is 0. The maximum atomic E-state index is 11.7. The Morgan fingerprint density at radius 2 is 1.45 bits per heavy atom. The fourth-order valence-corrected chi connectivity index (χ4v) is 0.278. The molecule has 0 fully saturated rings. The van der Waals surface area contributed by atoms with E-state index < -0.39 is 17.6 Å². The highest BCUT2D eigenvalue weighted by molar-refractivity contribution is 9.10. The second-order valence-corrected chi connectivity index (χ2v) is 2.48. The van der Waals surface area contributed by atoms with E-state index in [4.69, 9.17) is 0 Å². The van der Waals surface area contributed by atoms with Crippen LogP contribution in [0.25, 0.3) is 0 Å². The van der Waals surface area contributed by atoms with Crippen molar-refractivity contribution < 1.29 is 31.1 Å². The number of hydrogen-bond acceptors (Lipinski definition) is 1. The van der Waals surface area contributed by atoms with Crippen LogP contribution in [0.1, 0.15) is 0 Å². The predicted octanol–water partition coefficient (Wildman–Crippen LogP) is 2.81. The Morgan fingerprint density at radius 3 is 1.55 bits per heavy atom. The molecule has 8 heteroatoms. The minimum absolute atomic E-state index is 1.36. The third-order valence-corrected chi connectivity index (χ3v) is 0.854. The van der Waals surface area contributed by atoms with Crippen molar-refractivity contribution in [1.29, 1.82) is 0 Å². The molecule has 0 amide bonds. The first-order chi connectivity index (χ1) is 4.63. The van der Waals surface area contributed by atoms with Gasteiger partial charge >= 0.3 is 11.2 Å². The molecule has 0 bridgehead atoms. The van der Waals surface area contributed by atoms with E-state index in [2.05, 4.69) is 4.74 Å². The van der Waals surface area contributed by atoms with Crippen molar-refractivity contribution >= 4 is 15.9 Å². The lowest BCUT2D eigenvalue weighted by molar-refractivity contribution is -0.376. The topological polar surface area (TPSA) is 9.23 Å². The number of ether oxygens (including phenoxy) is 1. The zero-order valence-corrected chi connectivity index (χ0v) is 6.22. The lowest BCUT2D eigenvalue weighted by Gasteiger charge is -2.15. The molecular formula is C3HBrF6O. The number of rotatable bonds is 2. The molecule has 0 aromatic heterocycles. The Labute approximate surface area is 65.4 Å². The van der Waals surface area contributed by atoms with E-state index in [0.717, 1.165) is 0 Å². The Balaban J connectivity index is 3.99. The molecule has 11 heavy (non-hydrogen) atoms. The summed E-state index contributed by atoms with van der Waals surface area (Å²) < 4.78 is 70.2. The summed E-state index contributed by atoms with van der Waals surface area (Å²) >= 11 is 1.36. The van der Waals surface area contributed by atoms with Gasteiger partial charge in [0.1, 0.15) is 0 Å². The summed E-state index contributed by atoms with van der Waals surface area (Å²) in [6, 6.07) is 0. The summed E-state index contributed by atoms with van der Waals surface area (Å²) in [6.07, 6.45) is -9.14. The maximum Gasteiger partial charge on any atom is 0.525 e. The van der Waals surface area contributed by atoms with Crippen LogP contribution in [0.4, 0.5) is 26.3 Å². The molecule has 0 saturated heterocycles. The first-order valence-electron chi connectivity index (χ1n) is 2.08. The number of alkyl halides is 7. The summed E-state index contributed by atoms with van der Waals surface area (Å²) in [7, 11) is 0. The summed E-state index contributed by atoms with van der Waals surface area (Å²) in [6.45, 7) is 0. The van der Waals surface area contributed by atoms with Crippen LogP contribution in [0.15, 0.2) is 0 Å². The molecule has 0 spiro atoms. The van der Waals surface area contributed by atoms with E-state index in [1.165, 1.54) is 15.9 Å². The zero-order chi connectivity index (χ0) is 9.28. The van der Waals surface area contributed by atoms with Gasteiger partial charge in [0.25, 0.3) is 6.36 Å². The molecule has 0 aliphatic carbocycles. The van der Waals surface area contributed by atoms with E-state index in [9.17, 15) is 26.3 Å². The summed E-state index contributed by atoms with van der Waals surface area (Å²) in [4.78, 5) is -4.33. The van der Waals surface area contributed by atoms with Crippen molar-refractivity contribution in [2.75, 3.05) is 0 Å². The highest BCUT2D eigenvalue weighted by atomic mass is 79.9. The van der Waals surface area contributed by atoms with Gasteiger partial charge in [-0.15, -0.1) is 13.2 Å². The van der Waals surface area contributed by atoms with Gasteiger partial charge in [-0.05, 0) is 15.9 Å². The standard InChI is InChI=1S/C3HBrF6O/c4-2(6,7)1(5)11-3(8,9)10/h1H/t1-/m0/s1. The SMILES string of the molecule is F[C@@H](OC(F)(F)F)C(F)(F)Br. The smallest absolute Gasteiger partial charge is 0.249 e. The monoisotopic (exact) mass is 246 g/mol. The van der Waals surface area contributed by atoms with E-state index in [1.54, 1.807) is 0 Å². The maximum absolute atomic E-state index is 11.7. The Bertz CT molecular complexity index is 127. The molecule has 0 unspecified atom stereocenters. The first-order valence-corrected chi connectivity index (χ1v) is 2.87. The van der Waals surface area contributed by atoms with Crippen molar-refractivity contribution in [3.05, 3.63) is 0 Å². The van der Waals surface area contributed by atoms with E-state index in [0.29, 0.717) is 0 Å². The van der Waals surface area contributed by atoms with Crippen LogP contribution in [0.2, 0.25) is 0 Å². The van der Waals surface area contributed by atoms with Crippen molar-refractivity contribution in [2.45, 2.75) is 17.6 Å². The van der Waals surface area contributed by atoms with E-state index in [1.807, 2.05) is 0 Å². The van der Waals surface area contributed by atoms with Crippen LogP contribution in [0.3, 0.4) is 0 Å². The average molecular weight is 247 g/mol. The van der Waals surface area contributed by atoms with Crippen molar-refractivity contribution in [1.82, 2.24) is 0 Å². The van der Waals surface area contributed by atoms with Gasteiger partial charge in [-0.1, -0.05) is 0 Å². The van der Waals surface area contributed by atoms with Crippen LogP contribution in [-0.4, -0.2) is 17.6 Å². The third-order valence-electron chi connectivity index (χ3n) is 0.494. The van der Waals surface area contributed by atoms with Crippen molar-refractivity contribution in [2.24, 2.45) is 0 Å². The van der Waals surface area contributed by atoms with E-state index >= 15 is 0 Å². The third kappa shape index (κ3) is 5.31. The molecule has 1 nitrogen and oxygen atoms in total. The van der Waals surface area contributed by atoms with Gasteiger partial charge in [0.2, 0.25) is 0 Å². The average Bonchev–Trinajstić information content (AvgIpc) is 1.56. The molecule has 68 valence electrons. The molecule has 0 aromatic carbocycles. The molecule has 0 radical (unpaired) electrons. The van der Waals surface area contributed by atoms with Crippen LogP contribution in [0, 0.1) is 0 Å². The van der Waals surface area contributed by atoms with Gasteiger partial charge in [0.15, 0.2) is 0 Å². The molecule has 0 rings (SSSR count). The van der Waals surface area contributed by atoms with Crippen LogP contribution < -0.4 is 0 Å². The lowest BCUT2D eigenvalue weighted by Crippen LogP contribution is -2.31. The zero-order valence-electron chi connectivity index (χ0n) is 4.63. The molecule has 0 aromatic rings. The molecule has 0 N–H and O–H groups in total. The summed E-state index contributed by atoms with van der Waals surface area (Å²) in [5.74, 6) is 0. The largest absolute Gasteiger partial charge is 0.525 e. The molecule has 0 saturated carbocycles. The second-order valence-electron chi connectivity index (χ2n) is 1.42. The Kier molecular flexibility index (Phi) is 3.18. The Morgan fingerprint density at radius 1 is 1.09 bits per heavy atom. The van der Waals surface area contributed by atoms with Crippen LogP contribution >= 0.6 is 15.9 Å². The highest BCUT2D eigenvalue weighted by Gasteiger charge is 2.46. The second kappa shape index (κ2) is 3.18. The van der Waals surface area contributed by atoms with Crippen molar-refractivity contribution in [3.8, 4) is 0 Å². The van der Waals surface area contributed by atoms with Crippen LogP contribution in [0.5, 0.6) is 0 Å². The van der Waals surface area contributed by atoms with Crippen molar-refractivity contribution in [3.63, 3.8) is 0 Å². The first kappa shape index (κ1) is 11.0. The van der Waals surface area contributed by atoms with Gasteiger partial charge in [0.05, 0.1) is 0 Å². The number of halogens is 7. The minimum Gasteiger partial charge on any atom is -0.249 e. The molecule has 0 aliphatic rings. The van der Waals surface area contributed by atoms with Crippen LogP contribution in [-0.2, 0) is 4.74 Å². The fourth-order valence-electron chi connectivity index (χ4n) is 0.184. The normalized spacial score (nSPS) is 16.6. The molecular weight excluding hydrogens is 246 g/mol. The quantitative estimate of drug-likeness (QED) is 0.538. The summed E-state index contributed by atoms with van der Waals surface area (Å²) in [5.41, 5.74) is 0. The van der Waals surface area contributed by atoms with E-state index in [-0.39, 0.29) is 0 Å². The highest BCUT2D eigenvalue weighted by Crippen LogP contribution is 2.33. The van der Waals surface area contributed by atoms with Gasteiger partial charge in [-0.25, -0.2) is 9.13 Å². The van der Waals surface area contributed by atoms with Gasteiger partial charge in [-0.2, -0.15) is 8.78 Å². The van der Waals surface area contributed by atoms with Gasteiger partial charge in [0, 0.05) is 0 Å². The lowest BCUT2D eigenvalue weighted by atomic mass is 10.7. The molecule has 0 heterocycles.